The lowest BCUT2D eigenvalue weighted by Crippen LogP contribution is -2.50. The van der Waals surface area contributed by atoms with Crippen LogP contribution in [-0.4, -0.2) is 56.3 Å². The van der Waals surface area contributed by atoms with E-state index in [2.05, 4.69) is 34.4 Å². The Balaban J connectivity index is 2.37. The Morgan fingerprint density at radius 3 is 2.59 bits per heavy atom. The first-order chi connectivity index (χ1) is 10.3. The fraction of sp³-hybridized carbons (Fsp3) is 0.933. The third kappa shape index (κ3) is 7.87. The monoisotopic (exact) mass is 322 g/mol. The molecule has 4 nitrogen and oxygen atoms in total. The molecule has 7 heteroatoms. The highest BCUT2D eigenvalue weighted by atomic mass is 19.4. The maximum Gasteiger partial charge on any atom is 0.390 e. The number of nitrogens with one attached hydrogen (secondary N) is 2. The van der Waals surface area contributed by atoms with Crippen LogP contribution in [0.4, 0.5) is 13.2 Å². The molecule has 0 saturated carbocycles. The predicted molar refractivity (Wildman–Crippen MR) is 84.1 cm³/mol. The van der Waals surface area contributed by atoms with E-state index in [-0.39, 0.29) is 6.54 Å². The lowest BCUT2D eigenvalue weighted by molar-refractivity contribution is -0.132. The Kier molecular flexibility index (Phi) is 8.00. The van der Waals surface area contributed by atoms with Gasteiger partial charge in [0.15, 0.2) is 5.96 Å². The number of nitrogens with zero attached hydrogens (tertiary/aromatic N) is 2. The number of hydrogen-bond acceptors (Lipinski definition) is 2. The van der Waals surface area contributed by atoms with Crippen LogP contribution in [0.25, 0.3) is 0 Å². The molecule has 0 radical (unpaired) electrons. The second-order valence-corrected chi connectivity index (χ2v) is 6.28. The van der Waals surface area contributed by atoms with E-state index in [9.17, 15) is 13.2 Å². The van der Waals surface area contributed by atoms with Crippen molar-refractivity contribution in [2.24, 2.45) is 10.9 Å². The van der Waals surface area contributed by atoms with Crippen LogP contribution in [0.5, 0.6) is 0 Å². The van der Waals surface area contributed by atoms with Crippen molar-refractivity contribution in [1.29, 1.82) is 0 Å². The minimum Gasteiger partial charge on any atom is -0.356 e. The molecule has 2 N–H and O–H groups in total. The molecule has 0 spiro atoms. The summed E-state index contributed by atoms with van der Waals surface area (Å²) in [5.74, 6) is 1.06. The molecular weight excluding hydrogens is 293 g/mol. The minimum absolute atomic E-state index is 0.149. The van der Waals surface area contributed by atoms with Gasteiger partial charge in [-0.1, -0.05) is 20.3 Å². The van der Waals surface area contributed by atoms with Crippen LogP contribution in [0.3, 0.4) is 0 Å². The Bertz CT molecular complexity index is 342. The lowest BCUT2D eigenvalue weighted by Gasteiger charge is -2.37. The molecule has 0 aromatic heterocycles. The van der Waals surface area contributed by atoms with Gasteiger partial charge in [0, 0.05) is 32.7 Å². The van der Waals surface area contributed by atoms with Gasteiger partial charge >= 0.3 is 6.18 Å². The smallest absolute Gasteiger partial charge is 0.356 e. The van der Waals surface area contributed by atoms with Crippen LogP contribution >= 0.6 is 0 Å². The van der Waals surface area contributed by atoms with Gasteiger partial charge in [0.25, 0.3) is 0 Å². The third-order valence-electron chi connectivity index (χ3n) is 3.78. The molecule has 0 aliphatic carbocycles. The molecule has 0 amide bonds. The zero-order valence-electron chi connectivity index (χ0n) is 13.8. The first-order valence-corrected chi connectivity index (χ1v) is 8.07. The molecule has 1 unspecified atom stereocenters. The Labute approximate surface area is 131 Å². The van der Waals surface area contributed by atoms with Crippen LogP contribution in [0, 0.1) is 5.92 Å². The maximum atomic E-state index is 12.2. The Morgan fingerprint density at radius 2 is 2.00 bits per heavy atom. The number of guanidine groups is 1. The van der Waals surface area contributed by atoms with Crippen molar-refractivity contribution < 1.29 is 13.2 Å². The second-order valence-electron chi connectivity index (χ2n) is 6.28. The van der Waals surface area contributed by atoms with Crippen LogP contribution in [0.15, 0.2) is 4.99 Å². The van der Waals surface area contributed by atoms with Crippen molar-refractivity contribution in [3.63, 3.8) is 0 Å². The van der Waals surface area contributed by atoms with E-state index < -0.39 is 12.6 Å². The summed E-state index contributed by atoms with van der Waals surface area (Å²) >= 11 is 0. The molecule has 1 heterocycles. The fourth-order valence-electron chi connectivity index (χ4n) is 2.76. The van der Waals surface area contributed by atoms with E-state index >= 15 is 0 Å². The van der Waals surface area contributed by atoms with Crippen molar-refractivity contribution in [3.8, 4) is 0 Å². The van der Waals surface area contributed by atoms with Gasteiger partial charge in [-0.25, -0.2) is 0 Å². The predicted octanol–water partition coefficient (Wildman–Crippen LogP) is 2.61. The molecule has 0 bridgehead atoms. The molecule has 1 aliphatic rings. The van der Waals surface area contributed by atoms with Gasteiger partial charge in [0.1, 0.15) is 0 Å². The van der Waals surface area contributed by atoms with E-state index in [0.29, 0.717) is 17.9 Å². The normalized spacial score (nSPS) is 21.2. The average molecular weight is 322 g/mol. The molecule has 0 aromatic carbocycles. The first-order valence-electron chi connectivity index (χ1n) is 8.07. The summed E-state index contributed by atoms with van der Waals surface area (Å²) in [6.45, 7) is 7.15. The summed E-state index contributed by atoms with van der Waals surface area (Å²) in [6, 6.07) is 0.428. The largest absolute Gasteiger partial charge is 0.390 e. The molecule has 1 aliphatic heterocycles. The molecule has 1 atom stereocenters. The van der Waals surface area contributed by atoms with E-state index in [1.54, 1.807) is 7.05 Å². The standard InChI is InChI=1S/C15H29F3N4/c1-12(2)11-22-9-5-4-6-13(22)10-21-14(19-3)20-8-7-15(16,17)18/h12-13H,4-11H2,1-3H3,(H2,19,20,21). The molecule has 1 saturated heterocycles. The zero-order valence-corrected chi connectivity index (χ0v) is 13.8. The van der Waals surface area contributed by atoms with Crippen LogP contribution in [-0.2, 0) is 0 Å². The third-order valence-corrected chi connectivity index (χ3v) is 3.78. The van der Waals surface area contributed by atoms with Gasteiger partial charge in [-0.2, -0.15) is 13.2 Å². The number of rotatable bonds is 6. The Morgan fingerprint density at radius 1 is 1.27 bits per heavy atom. The van der Waals surface area contributed by atoms with E-state index in [4.69, 9.17) is 0 Å². The first kappa shape index (κ1) is 19.1. The highest BCUT2D eigenvalue weighted by Gasteiger charge is 2.26. The average Bonchev–Trinajstić information content (AvgIpc) is 2.42. The summed E-state index contributed by atoms with van der Waals surface area (Å²) in [6.07, 6.45) is -1.43. The van der Waals surface area contributed by atoms with Crippen LogP contribution in [0.2, 0.25) is 0 Å². The summed E-state index contributed by atoms with van der Waals surface area (Å²) in [5, 5.41) is 5.88. The summed E-state index contributed by atoms with van der Waals surface area (Å²) in [7, 11) is 1.58. The zero-order chi connectivity index (χ0) is 16.6. The molecule has 22 heavy (non-hydrogen) atoms. The van der Waals surface area contributed by atoms with E-state index in [0.717, 1.165) is 26.1 Å². The maximum absolute atomic E-state index is 12.2. The fourth-order valence-corrected chi connectivity index (χ4v) is 2.76. The van der Waals surface area contributed by atoms with Gasteiger partial charge in [-0.15, -0.1) is 0 Å². The van der Waals surface area contributed by atoms with Crippen molar-refractivity contribution in [3.05, 3.63) is 0 Å². The highest BCUT2D eigenvalue weighted by Crippen LogP contribution is 2.19. The van der Waals surface area contributed by atoms with Crippen LogP contribution in [0.1, 0.15) is 39.5 Å². The van der Waals surface area contributed by atoms with Gasteiger partial charge in [0.2, 0.25) is 0 Å². The molecule has 1 fully saturated rings. The molecule has 130 valence electrons. The SMILES string of the molecule is CN=C(NCCC(F)(F)F)NCC1CCCCN1CC(C)C. The number of alkyl halides is 3. The number of aliphatic imine (C=N–C) groups is 1. The molecule has 1 rings (SSSR count). The Hall–Kier alpha value is -0.980. The number of piperidine rings is 1. The number of hydrogen-bond donors (Lipinski definition) is 2. The minimum atomic E-state index is -4.14. The van der Waals surface area contributed by atoms with E-state index in [1.165, 1.54) is 12.8 Å². The van der Waals surface area contributed by atoms with Gasteiger partial charge in [-0.05, 0) is 25.3 Å². The second kappa shape index (κ2) is 9.22. The van der Waals surface area contributed by atoms with E-state index in [1.807, 2.05) is 0 Å². The van der Waals surface area contributed by atoms with Gasteiger partial charge in [0.05, 0.1) is 6.42 Å². The van der Waals surface area contributed by atoms with Crippen LogP contribution < -0.4 is 10.6 Å². The molecular formula is C15H29F3N4. The number of halogens is 3. The highest BCUT2D eigenvalue weighted by molar-refractivity contribution is 5.79. The summed E-state index contributed by atoms with van der Waals surface area (Å²) < 4.78 is 36.5. The van der Waals surface area contributed by atoms with Crippen molar-refractivity contribution in [1.82, 2.24) is 15.5 Å². The van der Waals surface area contributed by atoms with Crippen molar-refractivity contribution in [2.45, 2.75) is 51.7 Å². The summed E-state index contributed by atoms with van der Waals surface area (Å²) in [5.41, 5.74) is 0. The number of likely N-dealkylation sites (tertiary alicyclic amines) is 1. The lowest BCUT2D eigenvalue weighted by atomic mass is 10.0. The van der Waals surface area contributed by atoms with Crippen molar-refractivity contribution in [2.75, 3.05) is 33.2 Å². The topological polar surface area (TPSA) is 39.7 Å². The van der Waals surface area contributed by atoms with Crippen molar-refractivity contribution >= 4 is 5.96 Å². The molecule has 0 aromatic rings. The van der Waals surface area contributed by atoms with Gasteiger partial charge < -0.3 is 10.6 Å². The van der Waals surface area contributed by atoms with Gasteiger partial charge in [-0.3, -0.25) is 9.89 Å². The summed E-state index contributed by atoms with van der Waals surface area (Å²) in [4.78, 5) is 6.46. The quantitative estimate of drug-likeness (QED) is 0.583.